The molecule has 1 aromatic carbocycles. The summed E-state index contributed by atoms with van der Waals surface area (Å²) in [6, 6.07) is 1.27. The smallest absolute Gasteiger partial charge is 0.326 e. The maximum absolute atomic E-state index is 13.2. The number of nitrogens with one attached hydrogen (secondary N) is 3. The number of aromatic hydroxyl groups is 1. The van der Waals surface area contributed by atoms with Gasteiger partial charge in [0.2, 0.25) is 17.7 Å². The standard InChI is InChI=1S/C25H41N5O7/c1-14(2)12-20(25(36)37)29-24(35)21(15(3)31)30-23(34)19(13-16-7-9-17(32)10-8-16)28-22(33)18(27)6-4-5-11-26/h7-10,14-15,18-21,31-32H,4-6,11-13,26-27H2,1-3H3,(H,28,33)(H,29,35)(H,30,34)(H,36,37). The minimum Gasteiger partial charge on any atom is -0.508 e. The normalized spacial score (nSPS) is 15.2. The summed E-state index contributed by atoms with van der Waals surface area (Å²) in [5.41, 5.74) is 12.0. The van der Waals surface area contributed by atoms with Gasteiger partial charge in [-0.2, -0.15) is 0 Å². The number of amides is 3. The molecule has 0 aliphatic heterocycles. The first-order chi connectivity index (χ1) is 17.3. The number of rotatable bonds is 16. The van der Waals surface area contributed by atoms with Crippen LogP contribution in [-0.2, 0) is 25.6 Å². The van der Waals surface area contributed by atoms with Crippen LogP contribution in [0.1, 0.15) is 52.0 Å². The van der Waals surface area contributed by atoms with E-state index in [0.717, 1.165) is 0 Å². The molecule has 0 heterocycles. The number of carboxylic acids is 1. The van der Waals surface area contributed by atoms with Crippen molar-refractivity contribution in [2.24, 2.45) is 17.4 Å². The van der Waals surface area contributed by atoms with Crippen molar-refractivity contribution < 1.29 is 34.5 Å². The molecule has 0 aliphatic rings. The van der Waals surface area contributed by atoms with Crippen molar-refractivity contribution in [1.82, 2.24) is 16.0 Å². The van der Waals surface area contributed by atoms with E-state index in [-0.39, 0.29) is 24.5 Å². The van der Waals surface area contributed by atoms with Gasteiger partial charge in [0, 0.05) is 6.42 Å². The molecule has 12 nitrogen and oxygen atoms in total. The van der Waals surface area contributed by atoms with Crippen molar-refractivity contribution >= 4 is 23.7 Å². The number of hydrogen-bond donors (Lipinski definition) is 8. The van der Waals surface area contributed by atoms with Gasteiger partial charge in [-0.3, -0.25) is 14.4 Å². The van der Waals surface area contributed by atoms with Crippen molar-refractivity contribution in [3.8, 4) is 5.75 Å². The zero-order valence-electron chi connectivity index (χ0n) is 21.6. The fraction of sp³-hybridized carbons (Fsp3) is 0.600. The second-order valence-corrected chi connectivity index (χ2v) is 9.58. The molecule has 5 atom stereocenters. The van der Waals surface area contributed by atoms with Gasteiger partial charge < -0.3 is 42.7 Å². The van der Waals surface area contributed by atoms with Crippen LogP contribution in [0.2, 0.25) is 0 Å². The third kappa shape index (κ3) is 11.6. The summed E-state index contributed by atoms with van der Waals surface area (Å²) < 4.78 is 0. The zero-order valence-corrected chi connectivity index (χ0v) is 21.6. The lowest BCUT2D eigenvalue weighted by Gasteiger charge is -2.27. The van der Waals surface area contributed by atoms with Gasteiger partial charge in [0.25, 0.3) is 0 Å². The van der Waals surface area contributed by atoms with Crippen LogP contribution >= 0.6 is 0 Å². The predicted molar refractivity (Wildman–Crippen MR) is 137 cm³/mol. The summed E-state index contributed by atoms with van der Waals surface area (Å²) >= 11 is 0. The Bertz CT molecular complexity index is 892. The van der Waals surface area contributed by atoms with E-state index >= 15 is 0 Å². The lowest BCUT2D eigenvalue weighted by molar-refractivity contribution is -0.143. The number of phenols is 1. The number of carboxylic acid groups (broad SMARTS) is 1. The van der Waals surface area contributed by atoms with Crippen molar-refractivity contribution in [2.45, 2.75) is 83.1 Å². The fourth-order valence-corrected chi connectivity index (χ4v) is 3.61. The van der Waals surface area contributed by atoms with Gasteiger partial charge in [-0.25, -0.2) is 4.79 Å². The van der Waals surface area contributed by atoms with E-state index in [0.29, 0.717) is 31.4 Å². The number of carbonyl (C=O) groups is 4. The molecule has 0 saturated carbocycles. The third-order valence-corrected chi connectivity index (χ3v) is 5.70. The predicted octanol–water partition coefficient (Wildman–Crippen LogP) is -0.643. The van der Waals surface area contributed by atoms with E-state index in [2.05, 4.69) is 16.0 Å². The first kappa shape index (κ1) is 31.8. The van der Waals surface area contributed by atoms with E-state index in [4.69, 9.17) is 11.5 Å². The molecule has 12 heteroatoms. The van der Waals surface area contributed by atoms with Crippen LogP contribution in [0.25, 0.3) is 0 Å². The molecule has 0 spiro atoms. The summed E-state index contributed by atoms with van der Waals surface area (Å²) in [5.74, 6) is -3.46. The number of unbranched alkanes of at least 4 members (excludes halogenated alkanes) is 1. The number of carbonyl (C=O) groups excluding carboxylic acids is 3. The third-order valence-electron chi connectivity index (χ3n) is 5.70. The summed E-state index contributed by atoms with van der Waals surface area (Å²) in [6.07, 6.45) is 0.488. The largest absolute Gasteiger partial charge is 0.508 e. The average molecular weight is 524 g/mol. The molecule has 0 aromatic heterocycles. The molecular formula is C25H41N5O7. The van der Waals surface area contributed by atoms with E-state index in [1.54, 1.807) is 26.0 Å². The molecule has 0 radical (unpaired) electrons. The molecule has 208 valence electrons. The maximum Gasteiger partial charge on any atom is 0.326 e. The first-order valence-corrected chi connectivity index (χ1v) is 12.4. The van der Waals surface area contributed by atoms with Crippen molar-refractivity contribution in [3.05, 3.63) is 29.8 Å². The molecular weight excluding hydrogens is 482 g/mol. The highest BCUT2D eigenvalue weighted by Gasteiger charge is 2.33. The Balaban J connectivity index is 3.06. The maximum atomic E-state index is 13.2. The van der Waals surface area contributed by atoms with Gasteiger partial charge in [0.05, 0.1) is 12.1 Å². The monoisotopic (exact) mass is 523 g/mol. The van der Waals surface area contributed by atoms with Crippen LogP contribution in [0, 0.1) is 5.92 Å². The first-order valence-electron chi connectivity index (χ1n) is 12.4. The topological polar surface area (TPSA) is 217 Å². The fourth-order valence-electron chi connectivity index (χ4n) is 3.61. The molecule has 37 heavy (non-hydrogen) atoms. The van der Waals surface area contributed by atoms with Gasteiger partial charge in [0.15, 0.2) is 0 Å². The minimum atomic E-state index is -1.47. The van der Waals surface area contributed by atoms with Gasteiger partial charge >= 0.3 is 5.97 Å². The Kier molecular flexibility index (Phi) is 13.6. The molecule has 0 bridgehead atoms. The highest BCUT2D eigenvalue weighted by atomic mass is 16.4. The number of hydrogen-bond acceptors (Lipinski definition) is 8. The highest BCUT2D eigenvalue weighted by Crippen LogP contribution is 2.12. The summed E-state index contributed by atoms with van der Waals surface area (Å²) in [4.78, 5) is 50.3. The van der Waals surface area contributed by atoms with E-state index in [9.17, 15) is 34.5 Å². The Morgan fingerprint density at radius 3 is 2.00 bits per heavy atom. The zero-order chi connectivity index (χ0) is 28.1. The SMILES string of the molecule is CC(C)CC(NC(=O)C(NC(=O)C(Cc1ccc(O)cc1)NC(=O)C(N)CCCCN)C(C)O)C(=O)O. The van der Waals surface area contributed by atoms with Crippen LogP contribution in [0.3, 0.4) is 0 Å². The van der Waals surface area contributed by atoms with Crippen molar-refractivity contribution in [2.75, 3.05) is 6.54 Å². The van der Waals surface area contributed by atoms with Crippen LogP contribution in [0.15, 0.2) is 24.3 Å². The number of benzene rings is 1. The highest BCUT2D eigenvalue weighted by molar-refractivity contribution is 5.94. The molecule has 0 fully saturated rings. The molecule has 5 unspecified atom stereocenters. The Morgan fingerprint density at radius 1 is 0.892 bits per heavy atom. The summed E-state index contributed by atoms with van der Waals surface area (Å²) in [5, 5.41) is 36.5. The molecule has 3 amide bonds. The second-order valence-electron chi connectivity index (χ2n) is 9.58. The number of aliphatic carboxylic acids is 1. The number of aliphatic hydroxyl groups excluding tert-OH is 1. The summed E-state index contributed by atoms with van der Waals surface area (Å²) in [6.45, 7) is 5.34. The lowest BCUT2D eigenvalue weighted by atomic mass is 10.0. The number of phenolic OH excluding ortho intramolecular Hbond substituents is 1. The van der Waals surface area contributed by atoms with E-state index < -0.39 is 54.0 Å². The van der Waals surface area contributed by atoms with Crippen molar-refractivity contribution in [3.63, 3.8) is 0 Å². The van der Waals surface area contributed by atoms with Crippen molar-refractivity contribution in [1.29, 1.82) is 0 Å². The summed E-state index contributed by atoms with van der Waals surface area (Å²) in [7, 11) is 0. The lowest BCUT2D eigenvalue weighted by Crippen LogP contribution is -2.60. The van der Waals surface area contributed by atoms with Crippen LogP contribution < -0.4 is 27.4 Å². The van der Waals surface area contributed by atoms with Crippen LogP contribution in [0.4, 0.5) is 0 Å². The van der Waals surface area contributed by atoms with E-state index in [1.165, 1.54) is 19.1 Å². The Labute approximate surface area is 217 Å². The van der Waals surface area contributed by atoms with Gasteiger partial charge in [-0.15, -0.1) is 0 Å². The average Bonchev–Trinajstić information content (AvgIpc) is 2.82. The molecule has 0 saturated heterocycles. The number of aliphatic hydroxyl groups is 1. The van der Waals surface area contributed by atoms with Crippen LogP contribution in [-0.4, -0.2) is 75.8 Å². The van der Waals surface area contributed by atoms with Gasteiger partial charge in [-0.05, 0) is 56.3 Å². The Hall–Kier alpha value is -3.22. The molecule has 1 rings (SSSR count). The molecule has 10 N–H and O–H groups in total. The van der Waals surface area contributed by atoms with E-state index in [1.807, 2.05) is 0 Å². The minimum absolute atomic E-state index is 0.00657. The van der Waals surface area contributed by atoms with Gasteiger partial charge in [0.1, 0.15) is 23.9 Å². The van der Waals surface area contributed by atoms with Crippen LogP contribution in [0.5, 0.6) is 5.75 Å². The molecule has 0 aliphatic carbocycles. The number of nitrogens with two attached hydrogens (primary N) is 2. The molecule has 1 aromatic rings. The quantitative estimate of drug-likeness (QED) is 0.129. The second kappa shape index (κ2) is 15.8. The van der Waals surface area contributed by atoms with Gasteiger partial charge in [-0.1, -0.05) is 32.4 Å². The Morgan fingerprint density at radius 2 is 1.49 bits per heavy atom.